The molecule has 0 saturated heterocycles. The number of methoxy groups -OCH3 is 1. The van der Waals surface area contributed by atoms with Gasteiger partial charge in [-0.3, -0.25) is 0 Å². The second-order valence-corrected chi connectivity index (χ2v) is 4.34. The van der Waals surface area contributed by atoms with Gasteiger partial charge in [-0.2, -0.15) is 0 Å². The maximum atomic E-state index is 5.75. The average molecular weight is 247 g/mol. The topological polar surface area (TPSA) is 64.5 Å². The van der Waals surface area contributed by atoms with Crippen molar-refractivity contribution in [1.82, 2.24) is 10.1 Å². The van der Waals surface area contributed by atoms with Crippen molar-refractivity contribution in [3.63, 3.8) is 0 Å². The molecule has 1 aromatic carbocycles. The zero-order valence-corrected chi connectivity index (χ0v) is 10.8. The van der Waals surface area contributed by atoms with Gasteiger partial charge in [0.05, 0.1) is 18.9 Å². The Hall–Kier alpha value is -2.01. The molecule has 2 aromatic rings. The summed E-state index contributed by atoms with van der Waals surface area (Å²) in [5.41, 5.74) is 8.51. The van der Waals surface area contributed by atoms with Crippen LogP contribution in [0.3, 0.4) is 0 Å². The van der Waals surface area contributed by atoms with Crippen molar-refractivity contribution in [1.29, 1.82) is 0 Å². The summed E-state index contributed by atoms with van der Waals surface area (Å²) >= 11 is 0. The van der Waals surface area contributed by atoms with Gasteiger partial charge in [-0.1, -0.05) is 23.4 Å². The van der Waals surface area contributed by atoms with E-state index in [0.29, 0.717) is 5.88 Å². The van der Waals surface area contributed by atoms with Crippen molar-refractivity contribution in [2.75, 3.05) is 26.9 Å². The normalized spacial score (nSPS) is 10.9. The van der Waals surface area contributed by atoms with E-state index in [4.69, 9.17) is 15.0 Å². The van der Waals surface area contributed by atoms with Gasteiger partial charge >= 0.3 is 0 Å². The molecule has 2 N–H and O–H groups in total. The van der Waals surface area contributed by atoms with Gasteiger partial charge in [0, 0.05) is 17.7 Å². The number of rotatable bonds is 4. The highest BCUT2D eigenvalue weighted by Gasteiger charge is 2.15. The molecule has 1 aromatic heterocycles. The van der Waals surface area contributed by atoms with Crippen LogP contribution < -0.4 is 10.5 Å². The monoisotopic (exact) mass is 247 g/mol. The van der Waals surface area contributed by atoms with Crippen LogP contribution in [-0.2, 0) is 6.54 Å². The minimum absolute atomic E-state index is 0.301. The van der Waals surface area contributed by atoms with Gasteiger partial charge in [-0.05, 0) is 14.1 Å². The van der Waals surface area contributed by atoms with Gasteiger partial charge < -0.3 is 19.9 Å². The predicted molar refractivity (Wildman–Crippen MR) is 70.3 cm³/mol. The van der Waals surface area contributed by atoms with Crippen LogP contribution in [0.1, 0.15) is 5.56 Å². The number of hydrogen-bond acceptors (Lipinski definition) is 5. The SMILES string of the molecule is COc1c(CN(C)C)cccc1-c1cnoc1N. The lowest BCUT2D eigenvalue weighted by Gasteiger charge is -2.16. The summed E-state index contributed by atoms with van der Waals surface area (Å²) < 4.78 is 10.4. The summed E-state index contributed by atoms with van der Waals surface area (Å²) in [4.78, 5) is 2.08. The molecule has 0 aliphatic carbocycles. The fourth-order valence-electron chi connectivity index (χ4n) is 1.95. The van der Waals surface area contributed by atoms with E-state index < -0.39 is 0 Å². The number of nitrogens with two attached hydrogens (primary N) is 1. The molecule has 0 fully saturated rings. The molecular formula is C13H17N3O2. The summed E-state index contributed by atoms with van der Waals surface area (Å²) in [6, 6.07) is 5.95. The van der Waals surface area contributed by atoms with E-state index >= 15 is 0 Å². The van der Waals surface area contributed by atoms with Gasteiger partial charge in [0.25, 0.3) is 0 Å². The molecule has 0 aliphatic rings. The third-order valence-corrected chi connectivity index (χ3v) is 2.68. The molecule has 0 amide bonds. The minimum atomic E-state index is 0.301. The quantitative estimate of drug-likeness (QED) is 0.895. The van der Waals surface area contributed by atoms with Gasteiger partial charge in [0.2, 0.25) is 5.88 Å². The van der Waals surface area contributed by atoms with E-state index in [1.807, 2.05) is 32.3 Å². The number of aromatic nitrogens is 1. The predicted octanol–water partition coefficient (Wildman–Crippen LogP) is 1.99. The lowest BCUT2D eigenvalue weighted by atomic mass is 10.0. The molecule has 18 heavy (non-hydrogen) atoms. The Labute approximate surface area is 106 Å². The highest BCUT2D eigenvalue weighted by Crippen LogP contribution is 2.36. The van der Waals surface area contributed by atoms with Gasteiger partial charge in [-0.25, -0.2) is 0 Å². The Morgan fingerprint density at radius 1 is 1.33 bits per heavy atom. The molecule has 1 heterocycles. The van der Waals surface area contributed by atoms with E-state index in [1.165, 1.54) is 0 Å². The Morgan fingerprint density at radius 3 is 2.67 bits per heavy atom. The summed E-state index contributed by atoms with van der Waals surface area (Å²) in [5, 5.41) is 3.70. The molecule has 0 saturated carbocycles. The van der Waals surface area contributed by atoms with Crippen LogP contribution >= 0.6 is 0 Å². The summed E-state index contributed by atoms with van der Waals surface area (Å²) in [6.45, 7) is 0.794. The van der Waals surface area contributed by atoms with Crippen LogP contribution in [0.5, 0.6) is 5.75 Å². The molecule has 5 heteroatoms. The number of ether oxygens (including phenoxy) is 1. The maximum absolute atomic E-state index is 5.75. The number of nitrogen functional groups attached to an aromatic ring is 1. The fourth-order valence-corrected chi connectivity index (χ4v) is 1.95. The molecule has 0 bridgehead atoms. The number of nitrogens with zero attached hydrogens (tertiary/aromatic N) is 2. The summed E-state index contributed by atoms with van der Waals surface area (Å²) in [6.07, 6.45) is 1.60. The van der Waals surface area contributed by atoms with Crippen LogP contribution in [0, 0.1) is 0 Å². The Kier molecular flexibility index (Phi) is 3.53. The maximum Gasteiger partial charge on any atom is 0.230 e. The largest absolute Gasteiger partial charge is 0.496 e. The van der Waals surface area contributed by atoms with Gasteiger partial charge in [-0.15, -0.1) is 0 Å². The first-order chi connectivity index (χ1) is 8.63. The van der Waals surface area contributed by atoms with Crippen LogP contribution in [0.25, 0.3) is 11.1 Å². The van der Waals surface area contributed by atoms with E-state index in [0.717, 1.165) is 29.0 Å². The zero-order valence-electron chi connectivity index (χ0n) is 10.8. The Morgan fingerprint density at radius 2 is 2.11 bits per heavy atom. The van der Waals surface area contributed by atoms with Gasteiger partial charge in [0.1, 0.15) is 5.75 Å². The zero-order chi connectivity index (χ0) is 13.1. The molecule has 2 rings (SSSR count). The lowest BCUT2D eigenvalue weighted by Crippen LogP contribution is -2.11. The molecule has 0 unspecified atom stereocenters. The Bertz CT molecular complexity index is 535. The van der Waals surface area contributed by atoms with Crippen molar-refractivity contribution in [2.24, 2.45) is 0 Å². The fraction of sp³-hybridized carbons (Fsp3) is 0.308. The number of benzene rings is 1. The first kappa shape index (κ1) is 12.4. The first-order valence-electron chi connectivity index (χ1n) is 5.64. The molecule has 0 spiro atoms. The molecule has 5 nitrogen and oxygen atoms in total. The van der Waals surface area contributed by atoms with Crippen molar-refractivity contribution in [2.45, 2.75) is 6.54 Å². The molecule has 96 valence electrons. The number of anilines is 1. The smallest absolute Gasteiger partial charge is 0.230 e. The van der Waals surface area contributed by atoms with Crippen LogP contribution in [-0.4, -0.2) is 31.3 Å². The second-order valence-electron chi connectivity index (χ2n) is 4.34. The van der Waals surface area contributed by atoms with Crippen LogP contribution in [0.4, 0.5) is 5.88 Å². The van der Waals surface area contributed by atoms with Crippen molar-refractivity contribution >= 4 is 5.88 Å². The number of hydrogen-bond donors (Lipinski definition) is 1. The average Bonchev–Trinajstić information content (AvgIpc) is 2.74. The third kappa shape index (κ3) is 2.31. The van der Waals surface area contributed by atoms with Crippen molar-refractivity contribution < 1.29 is 9.26 Å². The number of para-hydroxylation sites is 1. The molecular weight excluding hydrogens is 230 g/mol. The van der Waals surface area contributed by atoms with Crippen LogP contribution in [0.2, 0.25) is 0 Å². The first-order valence-corrected chi connectivity index (χ1v) is 5.64. The van der Waals surface area contributed by atoms with E-state index in [2.05, 4.69) is 10.1 Å². The van der Waals surface area contributed by atoms with E-state index in [-0.39, 0.29) is 0 Å². The second kappa shape index (κ2) is 5.10. The third-order valence-electron chi connectivity index (χ3n) is 2.68. The Balaban J connectivity index is 2.51. The molecule has 0 radical (unpaired) electrons. The van der Waals surface area contributed by atoms with Crippen molar-refractivity contribution in [3.8, 4) is 16.9 Å². The van der Waals surface area contributed by atoms with Crippen molar-refractivity contribution in [3.05, 3.63) is 30.0 Å². The highest BCUT2D eigenvalue weighted by molar-refractivity contribution is 5.78. The molecule has 0 aliphatic heterocycles. The standard InChI is InChI=1S/C13H17N3O2/c1-16(2)8-9-5-4-6-10(12(9)17-3)11-7-15-18-13(11)14/h4-7H,8,14H2,1-3H3. The lowest BCUT2D eigenvalue weighted by molar-refractivity contribution is 0.373. The summed E-state index contributed by atoms with van der Waals surface area (Å²) in [7, 11) is 5.68. The molecule has 0 atom stereocenters. The van der Waals surface area contributed by atoms with E-state index in [9.17, 15) is 0 Å². The van der Waals surface area contributed by atoms with Gasteiger partial charge in [0.15, 0.2) is 0 Å². The van der Waals surface area contributed by atoms with Crippen LogP contribution in [0.15, 0.2) is 28.9 Å². The highest BCUT2D eigenvalue weighted by atomic mass is 16.5. The van der Waals surface area contributed by atoms with E-state index in [1.54, 1.807) is 13.3 Å². The minimum Gasteiger partial charge on any atom is -0.496 e. The summed E-state index contributed by atoms with van der Waals surface area (Å²) in [5.74, 6) is 1.11.